The zero-order valence-corrected chi connectivity index (χ0v) is 22.3. The van der Waals surface area contributed by atoms with Gasteiger partial charge in [-0.05, 0) is 65.9 Å². The fraction of sp³-hybridized carbons (Fsp3) is 0.233. The maximum Gasteiger partial charge on any atom is 0.301 e. The number of aliphatic hydroxyl groups is 1. The lowest BCUT2D eigenvalue weighted by Crippen LogP contribution is -2.29. The third kappa shape index (κ3) is 4.56. The number of carbonyl (C=O) groups excluding carboxylic acids is 2. The van der Waals surface area contributed by atoms with Crippen LogP contribution in [0.1, 0.15) is 50.4 Å². The van der Waals surface area contributed by atoms with Crippen LogP contribution in [0.25, 0.3) is 16.0 Å². The van der Waals surface area contributed by atoms with E-state index in [4.69, 9.17) is 4.74 Å². The highest BCUT2D eigenvalue weighted by Gasteiger charge is 2.48. The van der Waals surface area contributed by atoms with Gasteiger partial charge < -0.3 is 9.84 Å². The minimum absolute atomic E-state index is 0.0700. The molecule has 0 spiro atoms. The van der Waals surface area contributed by atoms with Crippen LogP contribution in [0.3, 0.4) is 0 Å². The van der Waals surface area contributed by atoms with Crippen LogP contribution in [-0.4, -0.2) is 28.4 Å². The van der Waals surface area contributed by atoms with Crippen molar-refractivity contribution in [3.8, 4) is 5.75 Å². The fourth-order valence-electron chi connectivity index (χ4n) is 4.53. The van der Waals surface area contributed by atoms with Crippen LogP contribution in [0.2, 0.25) is 0 Å². The Morgan fingerprint density at radius 2 is 1.74 bits per heavy atom. The topological polar surface area (TPSA) is 79.7 Å². The highest BCUT2D eigenvalue weighted by molar-refractivity contribution is 7.22. The van der Waals surface area contributed by atoms with Crippen LogP contribution >= 0.6 is 11.3 Å². The summed E-state index contributed by atoms with van der Waals surface area (Å²) >= 11 is 1.27. The first kappa shape index (κ1) is 25.6. The maximum atomic E-state index is 13.6. The number of rotatable bonds is 5. The number of ketones is 1. The molecular weight excluding hydrogens is 503 g/mol. The lowest BCUT2D eigenvalue weighted by atomic mass is 9.85. The standard InChI is InChI=1S/C30H27FN2O4S/c1-5-37-21-14-15-22-23(16-21)38-29(32-22)33-25(17-6-10-19(11-7-17)30(2,3)4)24(27(35)28(33)36)26(34)18-8-12-20(31)13-9-18/h6-16,25,34H,5H2,1-4H3/b26-24+/t25-/m0/s1. The molecule has 0 bridgehead atoms. The molecule has 1 aliphatic rings. The summed E-state index contributed by atoms with van der Waals surface area (Å²) in [6, 6.07) is 17.3. The number of ether oxygens (including phenoxy) is 1. The molecule has 1 aliphatic heterocycles. The van der Waals surface area contributed by atoms with Crippen molar-refractivity contribution in [1.29, 1.82) is 0 Å². The summed E-state index contributed by atoms with van der Waals surface area (Å²) in [6.45, 7) is 8.70. The minimum atomic E-state index is -0.916. The summed E-state index contributed by atoms with van der Waals surface area (Å²) in [5.74, 6) is -1.77. The normalized spacial score (nSPS) is 17.4. The van der Waals surface area contributed by atoms with E-state index in [2.05, 4.69) is 25.8 Å². The summed E-state index contributed by atoms with van der Waals surface area (Å²) in [5, 5.41) is 11.6. The van der Waals surface area contributed by atoms with Crippen LogP contribution in [-0.2, 0) is 15.0 Å². The zero-order valence-electron chi connectivity index (χ0n) is 21.5. The molecule has 3 aromatic carbocycles. The number of aromatic nitrogens is 1. The van der Waals surface area contributed by atoms with Crippen molar-refractivity contribution in [2.75, 3.05) is 11.5 Å². The van der Waals surface area contributed by atoms with Gasteiger partial charge in [-0.1, -0.05) is 56.4 Å². The molecule has 6 nitrogen and oxygen atoms in total. The zero-order chi connectivity index (χ0) is 27.2. The first-order valence-electron chi connectivity index (χ1n) is 12.3. The molecule has 4 aromatic rings. The van der Waals surface area contributed by atoms with E-state index in [9.17, 15) is 19.1 Å². The van der Waals surface area contributed by atoms with E-state index in [0.29, 0.717) is 28.6 Å². The molecule has 0 aliphatic carbocycles. The van der Waals surface area contributed by atoms with E-state index in [1.54, 1.807) is 6.07 Å². The molecule has 1 atom stereocenters. The van der Waals surface area contributed by atoms with Crippen molar-refractivity contribution in [2.45, 2.75) is 39.2 Å². The molecule has 1 amide bonds. The van der Waals surface area contributed by atoms with Gasteiger partial charge in [-0.25, -0.2) is 9.37 Å². The molecule has 0 radical (unpaired) electrons. The number of fused-ring (bicyclic) bond motifs is 1. The fourth-order valence-corrected chi connectivity index (χ4v) is 5.55. The van der Waals surface area contributed by atoms with E-state index in [1.165, 1.54) is 40.5 Å². The molecule has 38 heavy (non-hydrogen) atoms. The molecule has 0 unspecified atom stereocenters. The van der Waals surface area contributed by atoms with Gasteiger partial charge in [-0.2, -0.15) is 0 Å². The Balaban J connectivity index is 1.69. The molecule has 1 N–H and O–H groups in total. The lowest BCUT2D eigenvalue weighted by molar-refractivity contribution is -0.132. The molecular formula is C30H27FN2O4S. The second-order valence-electron chi connectivity index (χ2n) is 10.1. The second kappa shape index (κ2) is 9.68. The van der Waals surface area contributed by atoms with Crippen LogP contribution in [0.4, 0.5) is 9.52 Å². The molecule has 0 saturated carbocycles. The molecule has 194 valence electrons. The number of Topliss-reactive ketones (excluding diaryl/α,β-unsaturated/α-hetero) is 1. The summed E-state index contributed by atoms with van der Waals surface area (Å²) in [6.07, 6.45) is 0. The van der Waals surface area contributed by atoms with Crippen molar-refractivity contribution < 1.29 is 23.8 Å². The Kier molecular flexibility index (Phi) is 6.53. The third-order valence-electron chi connectivity index (χ3n) is 6.52. The van der Waals surface area contributed by atoms with Crippen LogP contribution in [0.15, 0.2) is 72.3 Å². The number of thiazole rings is 1. The Morgan fingerprint density at radius 3 is 2.37 bits per heavy atom. The number of aliphatic hydroxyl groups excluding tert-OH is 1. The van der Waals surface area contributed by atoms with Gasteiger partial charge in [-0.15, -0.1) is 0 Å². The van der Waals surface area contributed by atoms with Gasteiger partial charge in [0.2, 0.25) is 0 Å². The molecule has 1 aromatic heterocycles. The quantitative estimate of drug-likeness (QED) is 0.175. The van der Waals surface area contributed by atoms with E-state index in [0.717, 1.165) is 10.3 Å². The predicted octanol–water partition coefficient (Wildman–Crippen LogP) is 6.76. The third-order valence-corrected chi connectivity index (χ3v) is 7.54. The van der Waals surface area contributed by atoms with Crippen molar-refractivity contribution in [2.24, 2.45) is 0 Å². The van der Waals surface area contributed by atoms with Crippen molar-refractivity contribution in [3.63, 3.8) is 0 Å². The molecule has 1 fully saturated rings. The Morgan fingerprint density at radius 1 is 1.05 bits per heavy atom. The number of hydrogen-bond acceptors (Lipinski definition) is 6. The van der Waals surface area contributed by atoms with Crippen LogP contribution in [0.5, 0.6) is 5.75 Å². The smallest absolute Gasteiger partial charge is 0.301 e. The number of benzene rings is 3. The number of anilines is 1. The van der Waals surface area contributed by atoms with Gasteiger partial charge in [0.25, 0.3) is 5.78 Å². The SMILES string of the molecule is CCOc1ccc2nc(N3C(=O)C(=O)/C(=C(/O)c4ccc(F)cc4)[C@@H]3c3ccc(C(C)(C)C)cc3)sc2c1. The average Bonchev–Trinajstić information content (AvgIpc) is 3.41. The van der Waals surface area contributed by atoms with E-state index in [1.807, 2.05) is 43.3 Å². The first-order chi connectivity index (χ1) is 18.1. The summed E-state index contributed by atoms with van der Waals surface area (Å²) in [5.41, 5.74) is 2.47. The van der Waals surface area contributed by atoms with Gasteiger partial charge in [0, 0.05) is 5.56 Å². The van der Waals surface area contributed by atoms with Crippen LogP contribution in [0, 0.1) is 5.82 Å². The minimum Gasteiger partial charge on any atom is -0.507 e. The second-order valence-corrected chi connectivity index (χ2v) is 11.1. The average molecular weight is 531 g/mol. The van der Waals surface area contributed by atoms with Crippen molar-refractivity contribution >= 4 is 44.1 Å². The van der Waals surface area contributed by atoms with Gasteiger partial charge in [0.1, 0.15) is 17.3 Å². The largest absolute Gasteiger partial charge is 0.507 e. The predicted molar refractivity (Wildman–Crippen MR) is 147 cm³/mol. The summed E-state index contributed by atoms with van der Waals surface area (Å²) in [4.78, 5) is 32.9. The Bertz CT molecular complexity index is 1570. The van der Waals surface area contributed by atoms with Gasteiger partial charge in [0.05, 0.1) is 28.4 Å². The number of amides is 1. The Labute approximate surface area is 224 Å². The molecule has 2 heterocycles. The highest BCUT2D eigenvalue weighted by atomic mass is 32.1. The summed E-state index contributed by atoms with van der Waals surface area (Å²) < 4.78 is 20.0. The molecule has 1 saturated heterocycles. The number of hydrogen-bond donors (Lipinski definition) is 1. The van der Waals surface area contributed by atoms with Crippen LogP contribution < -0.4 is 9.64 Å². The number of nitrogens with zero attached hydrogens (tertiary/aromatic N) is 2. The van der Waals surface area contributed by atoms with Gasteiger partial charge in [-0.3, -0.25) is 14.5 Å². The highest BCUT2D eigenvalue weighted by Crippen LogP contribution is 2.45. The van der Waals surface area contributed by atoms with Gasteiger partial charge in [0.15, 0.2) is 5.13 Å². The lowest BCUT2D eigenvalue weighted by Gasteiger charge is -2.24. The number of carbonyl (C=O) groups is 2. The first-order valence-corrected chi connectivity index (χ1v) is 13.1. The maximum absolute atomic E-state index is 13.6. The molecule has 8 heteroatoms. The van der Waals surface area contributed by atoms with E-state index in [-0.39, 0.29) is 22.3 Å². The van der Waals surface area contributed by atoms with Crippen molar-refractivity contribution in [3.05, 3.63) is 94.8 Å². The number of halogens is 1. The van der Waals surface area contributed by atoms with Gasteiger partial charge >= 0.3 is 5.91 Å². The molecule has 5 rings (SSSR count). The Hall–Kier alpha value is -4.04. The summed E-state index contributed by atoms with van der Waals surface area (Å²) in [7, 11) is 0. The van der Waals surface area contributed by atoms with E-state index < -0.39 is 23.5 Å². The van der Waals surface area contributed by atoms with E-state index >= 15 is 0 Å². The van der Waals surface area contributed by atoms with Crippen molar-refractivity contribution in [1.82, 2.24) is 4.98 Å². The monoisotopic (exact) mass is 530 g/mol.